The molecule has 5 heteroatoms. The first kappa shape index (κ1) is 47.8. The van der Waals surface area contributed by atoms with E-state index in [0.29, 0.717) is 41.8 Å². The van der Waals surface area contributed by atoms with E-state index in [4.69, 9.17) is 10.8 Å². The second-order valence-corrected chi connectivity index (χ2v) is 17.6. The van der Waals surface area contributed by atoms with E-state index in [9.17, 15) is 0 Å². The highest BCUT2D eigenvalue weighted by Crippen LogP contribution is 2.42. The van der Waals surface area contributed by atoms with Crippen LogP contribution in [0, 0.1) is 10.8 Å². The molecule has 0 amide bonds. The van der Waals surface area contributed by atoms with Gasteiger partial charge in [0.2, 0.25) is 0 Å². The van der Waals surface area contributed by atoms with E-state index in [0.717, 1.165) is 99.3 Å². The van der Waals surface area contributed by atoms with Crippen LogP contribution in [0.15, 0.2) is 180 Å². The highest BCUT2D eigenvalue weighted by Gasteiger charge is 2.26. The Morgan fingerprint density at radius 1 is 0.810 bits per heavy atom. The molecular weight excluding hydrogens is 767 g/mol. The summed E-state index contributed by atoms with van der Waals surface area (Å²) in [7, 11) is 1.96. The Morgan fingerprint density at radius 3 is 2.13 bits per heavy atom. The predicted octanol–water partition coefficient (Wildman–Crippen LogP) is 14.0. The van der Waals surface area contributed by atoms with Crippen LogP contribution in [0.25, 0.3) is 11.4 Å². The SMILES string of the molecule is C=C(/C=C(/C=C(\NC)C1=CCCC=C1)C(=C/C(=C)\C(C=N)=C/C=C(C)/C(=C/C)C(=C)C)\CNC(=C)c1ccc2c(c1)C(C(C)=N)CCC2)CNC(=C)c1ccc2c(c1)C(C)CC2C. The molecule has 0 aliphatic heterocycles. The van der Waals surface area contributed by atoms with Crippen molar-refractivity contribution in [2.75, 3.05) is 20.1 Å². The number of rotatable bonds is 20. The average molecular weight is 838 g/mol. The molecule has 63 heavy (non-hydrogen) atoms. The monoisotopic (exact) mass is 838 g/mol. The molecular formula is C58H71N5. The van der Waals surface area contributed by atoms with Gasteiger partial charge in [-0.3, -0.25) is 0 Å². The van der Waals surface area contributed by atoms with Crippen molar-refractivity contribution in [3.8, 4) is 0 Å². The van der Waals surface area contributed by atoms with Crippen molar-refractivity contribution in [1.29, 1.82) is 10.8 Å². The van der Waals surface area contributed by atoms with Crippen LogP contribution in [0.3, 0.4) is 0 Å². The topological polar surface area (TPSA) is 83.8 Å². The van der Waals surface area contributed by atoms with Crippen LogP contribution in [0.4, 0.5) is 0 Å². The minimum Gasteiger partial charge on any atom is -0.388 e. The lowest BCUT2D eigenvalue weighted by atomic mass is 9.79. The van der Waals surface area contributed by atoms with Crippen molar-refractivity contribution in [2.24, 2.45) is 0 Å². The Morgan fingerprint density at radius 2 is 1.49 bits per heavy atom. The molecule has 0 radical (unpaired) electrons. The Labute approximate surface area is 379 Å². The van der Waals surface area contributed by atoms with Gasteiger partial charge in [-0.25, -0.2) is 0 Å². The summed E-state index contributed by atoms with van der Waals surface area (Å²) < 4.78 is 0. The molecule has 5 N–H and O–H groups in total. The molecule has 3 aliphatic rings. The van der Waals surface area contributed by atoms with Gasteiger partial charge in [-0.1, -0.05) is 119 Å². The van der Waals surface area contributed by atoms with Gasteiger partial charge in [0.15, 0.2) is 0 Å². The zero-order valence-corrected chi connectivity index (χ0v) is 39.2. The third-order valence-electron chi connectivity index (χ3n) is 12.7. The van der Waals surface area contributed by atoms with Crippen molar-refractivity contribution in [3.05, 3.63) is 213 Å². The van der Waals surface area contributed by atoms with Crippen LogP contribution < -0.4 is 16.0 Å². The zero-order chi connectivity index (χ0) is 45.8. The van der Waals surface area contributed by atoms with E-state index in [1.807, 2.05) is 40.0 Å². The van der Waals surface area contributed by atoms with Crippen LogP contribution in [-0.4, -0.2) is 32.1 Å². The number of aryl methyl sites for hydroxylation is 1. The third-order valence-corrected chi connectivity index (χ3v) is 12.7. The Bertz CT molecular complexity index is 2430. The summed E-state index contributed by atoms with van der Waals surface area (Å²) in [4.78, 5) is 0. The van der Waals surface area contributed by atoms with Crippen molar-refractivity contribution in [2.45, 2.75) is 97.8 Å². The Balaban J connectivity index is 1.55. The molecule has 328 valence electrons. The summed E-state index contributed by atoms with van der Waals surface area (Å²) in [6, 6.07) is 13.3. The largest absolute Gasteiger partial charge is 0.388 e. The molecule has 0 aromatic heterocycles. The van der Waals surface area contributed by atoms with Gasteiger partial charge in [-0.05, 0) is 180 Å². The number of nitrogens with one attached hydrogen (secondary N) is 5. The molecule has 0 spiro atoms. The van der Waals surface area contributed by atoms with Gasteiger partial charge >= 0.3 is 0 Å². The van der Waals surface area contributed by atoms with E-state index in [2.05, 4.69) is 149 Å². The number of fused-ring (bicyclic) bond motifs is 2. The van der Waals surface area contributed by atoms with E-state index in [1.54, 1.807) is 0 Å². The summed E-state index contributed by atoms with van der Waals surface area (Å²) in [6.07, 6.45) is 26.8. The predicted molar refractivity (Wildman–Crippen MR) is 275 cm³/mol. The maximum atomic E-state index is 8.51. The third kappa shape index (κ3) is 12.3. The second-order valence-electron chi connectivity index (χ2n) is 17.6. The fourth-order valence-corrected chi connectivity index (χ4v) is 9.14. The summed E-state index contributed by atoms with van der Waals surface area (Å²) in [6.45, 7) is 35.8. The highest BCUT2D eigenvalue weighted by molar-refractivity contribution is 5.87. The van der Waals surface area contributed by atoms with Crippen molar-refractivity contribution in [1.82, 2.24) is 16.0 Å². The quantitative estimate of drug-likeness (QED) is 0.0680. The Hall–Kier alpha value is -6.20. The van der Waals surface area contributed by atoms with Crippen LogP contribution in [0.1, 0.15) is 125 Å². The smallest absolute Gasteiger partial charge is 0.0413 e. The molecule has 3 aliphatic carbocycles. The molecule has 0 bridgehead atoms. The highest BCUT2D eigenvalue weighted by atomic mass is 14.9. The number of likely N-dealkylation sites (N-methyl/N-ethyl adjacent to an activating group) is 1. The Kier molecular flexibility index (Phi) is 16.9. The van der Waals surface area contributed by atoms with Gasteiger partial charge in [-0.2, -0.15) is 0 Å². The first-order valence-electron chi connectivity index (χ1n) is 22.6. The molecule has 2 aromatic rings. The summed E-state index contributed by atoms with van der Waals surface area (Å²) in [5.41, 5.74) is 19.3. The maximum absolute atomic E-state index is 8.51. The van der Waals surface area contributed by atoms with Crippen molar-refractivity contribution < 1.29 is 0 Å². The molecule has 5 nitrogen and oxygen atoms in total. The second kappa shape index (κ2) is 22.2. The maximum Gasteiger partial charge on any atom is 0.0413 e. The summed E-state index contributed by atoms with van der Waals surface area (Å²) in [5.74, 6) is 1.25. The van der Waals surface area contributed by atoms with Crippen molar-refractivity contribution >= 4 is 23.3 Å². The average Bonchev–Trinajstić information content (AvgIpc) is 3.56. The van der Waals surface area contributed by atoms with Gasteiger partial charge in [0, 0.05) is 55.1 Å². The van der Waals surface area contributed by atoms with E-state index >= 15 is 0 Å². The summed E-state index contributed by atoms with van der Waals surface area (Å²) in [5, 5.41) is 27.7. The fraction of sp³-hybridized carbons (Fsp3) is 0.310. The number of hydrogen-bond donors (Lipinski definition) is 5. The molecule has 0 heterocycles. The first-order valence-corrected chi connectivity index (χ1v) is 22.6. The number of hydrogen-bond acceptors (Lipinski definition) is 5. The van der Waals surface area contributed by atoms with Gasteiger partial charge in [0.05, 0.1) is 0 Å². The lowest BCUT2D eigenvalue weighted by Gasteiger charge is -2.26. The molecule has 3 unspecified atom stereocenters. The van der Waals surface area contributed by atoms with Crippen LogP contribution in [0.2, 0.25) is 0 Å². The van der Waals surface area contributed by atoms with Crippen LogP contribution >= 0.6 is 0 Å². The molecule has 0 fully saturated rings. The lowest BCUT2D eigenvalue weighted by molar-refractivity contribution is 0.646. The number of benzene rings is 2. The molecule has 0 saturated heterocycles. The van der Waals surface area contributed by atoms with E-state index in [-0.39, 0.29) is 5.92 Å². The van der Waals surface area contributed by atoms with Crippen LogP contribution in [-0.2, 0) is 6.42 Å². The standard InChI is InChI=1S/C58H71N5/c1-13-53(37(2)3)39(5)22-23-50(34-59)40(6)30-52(36-63-45(11)48-25-24-46-20-17-21-55(43(9)60)57(46)32-48)51(33-58(61-12)47-18-15-14-16-19-47)28-38(4)35-62-44(10)49-26-27-54-41(7)29-42(8)56(54)31-49/h13,15,18-19,22-28,30-34,41-42,55,59-63H,2,4,6,10-11,14,16-17,20-21,29,35-36H2,1,3,5,7-9,12H3/b39-22+,50-23-,51-28-,52-30-,53-13+,58-33-,59-34?,60-43?. The molecule has 0 saturated carbocycles. The summed E-state index contributed by atoms with van der Waals surface area (Å²) >= 11 is 0. The molecule has 2 aromatic carbocycles. The fourth-order valence-electron chi connectivity index (χ4n) is 9.14. The van der Waals surface area contributed by atoms with Gasteiger partial charge in [0.1, 0.15) is 0 Å². The minimum absolute atomic E-state index is 0.136. The lowest BCUT2D eigenvalue weighted by Crippen LogP contribution is -2.19. The van der Waals surface area contributed by atoms with E-state index < -0.39 is 0 Å². The zero-order valence-electron chi connectivity index (χ0n) is 39.2. The first-order chi connectivity index (χ1) is 30.1. The van der Waals surface area contributed by atoms with Gasteiger partial charge in [-0.15, -0.1) is 0 Å². The minimum atomic E-state index is 0.136. The van der Waals surface area contributed by atoms with Gasteiger partial charge in [0.25, 0.3) is 0 Å². The van der Waals surface area contributed by atoms with Crippen molar-refractivity contribution in [3.63, 3.8) is 0 Å². The molecule has 3 atom stereocenters. The van der Waals surface area contributed by atoms with Crippen LogP contribution in [0.5, 0.6) is 0 Å². The van der Waals surface area contributed by atoms with E-state index in [1.165, 1.54) is 34.9 Å². The molecule has 5 rings (SSSR count). The number of allylic oxidation sites excluding steroid dienone is 13. The normalized spacial score (nSPS) is 19.3. The van der Waals surface area contributed by atoms with Gasteiger partial charge < -0.3 is 26.8 Å².